The van der Waals surface area contributed by atoms with Crippen LogP contribution in [0.1, 0.15) is 19.5 Å². The Hall–Kier alpha value is -3.33. The number of aliphatic hydroxyl groups excluding tert-OH is 1. The topological polar surface area (TPSA) is 93.0 Å². The number of aromatic nitrogens is 3. The average molecular weight is 425 g/mol. The zero-order valence-corrected chi connectivity index (χ0v) is 17.9. The lowest BCUT2D eigenvalue weighted by Gasteiger charge is -2.39. The predicted octanol–water partition coefficient (Wildman–Crippen LogP) is 2.53. The van der Waals surface area contributed by atoms with Crippen molar-refractivity contribution >= 4 is 22.8 Å². The number of ether oxygens (including phenoxy) is 2. The smallest absolute Gasteiger partial charge is 0.410 e. The summed E-state index contributed by atoms with van der Waals surface area (Å²) in [4.78, 5) is 24.5. The molecule has 0 bridgehead atoms. The van der Waals surface area contributed by atoms with Crippen molar-refractivity contribution in [2.45, 2.75) is 32.8 Å². The van der Waals surface area contributed by atoms with Gasteiger partial charge in [0.15, 0.2) is 0 Å². The number of amides is 1. The van der Waals surface area contributed by atoms with E-state index >= 15 is 0 Å². The summed E-state index contributed by atoms with van der Waals surface area (Å²) >= 11 is 0. The molecule has 1 atom stereocenters. The molecular weight excluding hydrogens is 398 g/mol. The summed E-state index contributed by atoms with van der Waals surface area (Å²) in [5.74, 6) is 0.507. The Morgan fingerprint density at radius 3 is 2.81 bits per heavy atom. The Bertz CT molecular complexity index is 1050. The summed E-state index contributed by atoms with van der Waals surface area (Å²) in [5.41, 5.74) is 2.45. The number of rotatable bonds is 5. The van der Waals surface area contributed by atoms with Crippen LogP contribution in [0.15, 0.2) is 42.7 Å². The van der Waals surface area contributed by atoms with E-state index in [1.165, 1.54) is 4.90 Å². The van der Waals surface area contributed by atoms with Crippen LogP contribution < -0.4 is 9.64 Å². The van der Waals surface area contributed by atoms with Crippen molar-refractivity contribution in [3.8, 4) is 5.88 Å². The van der Waals surface area contributed by atoms with Crippen LogP contribution in [0.5, 0.6) is 5.88 Å². The number of fused-ring (bicyclic) bond motifs is 1. The molecule has 1 aliphatic rings. The number of piperazine rings is 1. The Kier molecular flexibility index (Phi) is 5.94. The molecule has 0 spiro atoms. The molecule has 0 aromatic carbocycles. The summed E-state index contributed by atoms with van der Waals surface area (Å²) in [6, 6.07) is 9.44. The molecule has 0 aliphatic carbocycles. The van der Waals surface area contributed by atoms with Gasteiger partial charge in [0.1, 0.15) is 18.5 Å². The molecule has 9 nitrogen and oxygen atoms in total. The highest BCUT2D eigenvalue weighted by atomic mass is 16.6. The quantitative estimate of drug-likeness (QED) is 0.671. The molecular formula is C22H27N5O4. The summed E-state index contributed by atoms with van der Waals surface area (Å²) < 4.78 is 12.9. The number of carbonyl (C=O) groups is 1. The molecule has 3 aromatic heterocycles. The first-order chi connectivity index (χ1) is 14.9. The molecule has 1 saturated heterocycles. The van der Waals surface area contributed by atoms with Crippen molar-refractivity contribution in [3.63, 3.8) is 0 Å². The van der Waals surface area contributed by atoms with Gasteiger partial charge in [-0.1, -0.05) is 6.07 Å². The number of hydrogen-bond acceptors (Lipinski definition) is 7. The molecule has 0 radical (unpaired) electrons. The van der Waals surface area contributed by atoms with Gasteiger partial charge in [0.05, 0.1) is 24.0 Å². The van der Waals surface area contributed by atoms with Crippen LogP contribution >= 0.6 is 0 Å². The summed E-state index contributed by atoms with van der Waals surface area (Å²) in [5, 5.41) is 11.6. The Morgan fingerprint density at radius 1 is 1.26 bits per heavy atom. The van der Waals surface area contributed by atoms with Crippen molar-refractivity contribution in [1.82, 2.24) is 19.4 Å². The first kappa shape index (κ1) is 20.9. The minimum atomic E-state index is -0.834. The molecule has 164 valence electrons. The second-order valence-corrected chi connectivity index (χ2v) is 7.81. The number of nitrogens with zero attached hydrogens (tertiary/aromatic N) is 5. The molecule has 3 aromatic rings. The van der Waals surface area contributed by atoms with Crippen LogP contribution in [-0.4, -0.2) is 62.6 Å². The van der Waals surface area contributed by atoms with Gasteiger partial charge in [0.25, 0.3) is 0 Å². The van der Waals surface area contributed by atoms with E-state index in [2.05, 4.69) is 9.97 Å². The van der Waals surface area contributed by atoms with Gasteiger partial charge in [-0.15, -0.1) is 0 Å². The average Bonchev–Trinajstić information content (AvgIpc) is 3.08. The van der Waals surface area contributed by atoms with Gasteiger partial charge in [-0.05, 0) is 32.0 Å². The van der Waals surface area contributed by atoms with E-state index in [4.69, 9.17) is 9.47 Å². The number of hydrogen-bond donors (Lipinski definition) is 1. The zero-order valence-electron chi connectivity index (χ0n) is 17.9. The number of β-amino-alcohol motifs (C(OH)–C–C–N with tert-alkyl or cyclic N) is 1. The first-order valence-electron chi connectivity index (χ1n) is 10.3. The van der Waals surface area contributed by atoms with Crippen LogP contribution in [0, 0.1) is 0 Å². The number of aryl methyl sites for hydroxylation is 1. The fourth-order valence-electron chi connectivity index (χ4n) is 3.64. The minimum Gasteiger partial charge on any atom is -0.471 e. The Morgan fingerprint density at radius 2 is 2.10 bits per heavy atom. The maximum absolute atomic E-state index is 12.2. The highest BCUT2D eigenvalue weighted by molar-refractivity contribution is 5.91. The second-order valence-electron chi connectivity index (χ2n) is 7.81. The fourth-order valence-corrected chi connectivity index (χ4v) is 3.64. The van der Waals surface area contributed by atoms with Crippen molar-refractivity contribution < 1.29 is 19.4 Å². The molecule has 1 unspecified atom stereocenters. The van der Waals surface area contributed by atoms with Crippen LogP contribution in [0.4, 0.5) is 10.5 Å². The normalized spacial score (nSPS) is 16.7. The standard InChI is InChI=1S/C22H27N5O4/c1-15(2)31-22(29)26-10-11-27(20(28)13-26)18-12-25(3)21-17(18)7-8-19(24-21)30-14-16-6-4-5-9-23-16/h4-9,12,15,20,28H,10-11,13-14H2,1-3H3. The van der Waals surface area contributed by atoms with E-state index in [0.29, 0.717) is 25.6 Å². The van der Waals surface area contributed by atoms with E-state index in [0.717, 1.165) is 22.4 Å². The fraction of sp³-hybridized carbons (Fsp3) is 0.409. The van der Waals surface area contributed by atoms with Crippen LogP contribution in [0.3, 0.4) is 0 Å². The van der Waals surface area contributed by atoms with Gasteiger partial charge in [0, 0.05) is 44.0 Å². The summed E-state index contributed by atoms with van der Waals surface area (Å²) in [6.07, 6.45) is 2.24. The molecule has 1 N–H and O–H groups in total. The van der Waals surface area contributed by atoms with Crippen molar-refractivity contribution in [2.24, 2.45) is 7.05 Å². The predicted molar refractivity (Wildman–Crippen MR) is 116 cm³/mol. The van der Waals surface area contributed by atoms with E-state index in [-0.39, 0.29) is 12.6 Å². The van der Waals surface area contributed by atoms with Crippen molar-refractivity contribution in [1.29, 1.82) is 0 Å². The lowest BCUT2D eigenvalue weighted by Crippen LogP contribution is -2.55. The molecule has 4 rings (SSSR count). The highest BCUT2D eigenvalue weighted by Crippen LogP contribution is 2.31. The third kappa shape index (κ3) is 4.56. The number of carbonyl (C=O) groups excluding carboxylic acids is 1. The molecule has 31 heavy (non-hydrogen) atoms. The van der Waals surface area contributed by atoms with Gasteiger partial charge in [0.2, 0.25) is 5.88 Å². The largest absolute Gasteiger partial charge is 0.471 e. The van der Waals surface area contributed by atoms with E-state index in [1.54, 1.807) is 6.20 Å². The molecule has 1 aliphatic heterocycles. The third-order valence-corrected chi connectivity index (χ3v) is 5.13. The van der Waals surface area contributed by atoms with Gasteiger partial charge in [-0.3, -0.25) is 4.98 Å². The zero-order chi connectivity index (χ0) is 22.0. The van der Waals surface area contributed by atoms with Gasteiger partial charge >= 0.3 is 6.09 Å². The van der Waals surface area contributed by atoms with E-state index in [1.807, 2.05) is 66.9 Å². The van der Waals surface area contributed by atoms with E-state index in [9.17, 15) is 9.90 Å². The molecule has 0 saturated carbocycles. The number of pyridine rings is 2. The van der Waals surface area contributed by atoms with Gasteiger partial charge < -0.3 is 28.9 Å². The Balaban J connectivity index is 1.49. The number of aliphatic hydroxyl groups is 1. The molecule has 4 heterocycles. The third-order valence-electron chi connectivity index (χ3n) is 5.13. The van der Waals surface area contributed by atoms with Crippen molar-refractivity contribution in [3.05, 3.63) is 48.4 Å². The van der Waals surface area contributed by atoms with Crippen LogP contribution in [0.25, 0.3) is 11.0 Å². The first-order valence-corrected chi connectivity index (χ1v) is 10.3. The summed E-state index contributed by atoms with van der Waals surface area (Å²) in [7, 11) is 1.91. The van der Waals surface area contributed by atoms with Crippen LogP contribution in [0.2, 0.25) is 0 Å². The van der Waals surface area contributed by atoms with Crippen LogP contribution in [-0.2, 0) is 18.4 Å². The maximum Gasteiger partial charge on any atom is 0.410 e. The monoisotopic (exact) mass is 425 g/mol. The second kappa shape index (κ2) is 8.81. The minimum absolute atomic E-state index is 0.181. The summed E-state index contributed by atoms with van der Waals surface area (Å²) in [6.45, 7) is 5.09. The lowest BCUT2D eigenvalue weighted by molar-refractivity contribution is 0.0424. The van der Waals surface area contributed by atoms with Crippen molar-refractivity contribution in [2.75, 3.05) is 24.5 Å². The highest BCUT2D eigenvalue weighted by Gasteiger charge is 2.31. The SMILES string of the molecule is CC(C)OC(=O)N1CCN(c2cn(C)c3nc(OCc4ccccn4)ccc23)C(O)C1. The maximum atomic E-state index is 12.2. The molecule has 1 amide bonds. The lowest BCUT2D eigenvalue weighted by atomic mass is 10.2. The number of anilines is 1. The molecule has 9 heteroatoms. The molecule has 1 fully saturated rings. The Labute approximate surface area is 180 Å². The van der Waals surface area contributed by atoms with E-state index < -0.39 is 12.3 Å². The van der Waals surface area contributed by atoms with Gasteiger partial charge in [-0.25, -0.2) is 4.79 Å². The van der Waals surface area contributed by atoms with Gasteiger partial charge in [-0.2, -0.15) is 4.98 Å².